The normalized spacial score (nSPS) is 9.85. The van der Waals surface area contributed by atoms with Gasteiger partial charge < -0.3 is 4.90 Å². The highest BCUT2D eigenvalue weighted by Gasteiger charge is 2.07. The molecule has 70 valence electrons. The van der Waals surface area contributed by atoms with E-state index < -0.39 is 5.37 Å². The van der Waals surface area contributed by atoms with E-state index >= 15 is 0 Å². The molecule has 1 aromatic carbocycles. The summed E-state index contributed by atoms with van der Waals surface area (Å²) in [6.45, 7) is 4.03. The predicted octanol–water partition coefficient (Wildman–Crippen LogP) is 3.10. The van der Waals surface area contributed by atoms with Crippen molar-refractivity contribution in [3.63, 3.8) is 0 Å². The largest absolute Gasteiger partial charge is 0.320 e. The Balaban J connectivity index is 3.03. The van der Waals surface area contributed by atoms with Crippen LogP contribution in [0.2, 0.25) is 0 Å². The van der Waals surface area contributed by atoms with Gasteiger partial charge in [0.25, 0.3) is 0 Å². The zero-order chi connectivity index (χ0) is 10.0. The Labute approximate surface area is 83.1 Å². The molecule has 0 aliphatic rings. The van der Waals surface area contributed by atoms with Gasteiger partial charge in [-0.05, 0) is 48.7 Å². The zero-order valence-electron chi connectivity index (χ0n) is 7.97. The van der Waals surface area contributed by atoms with Crippen LogP contribution in [-0.2, 0) is 0 Å². The number of carbonyl (C=O) groups is 1. The molecule has 2 nitrogen and oxygen atoms in total. The van der Waals surface area contributed by atoms with Crippen LogP contribution < -0.4 is 4.90 Å². The van der Waals surface area contributed by atoms with Gasteiger partial charge in [-0.3, -0.25) is 4.79 Å². The Hall–Kier alpha value is -1.02. The van der Waals surface area contributed by atoms with Crippen molar-refractivity contribution in [1.82, 2.24) is 0 Å². The van der Waals surface area contributed by atoms with Crippen LogP contribution in [0.4, 0.5) is 10.5 Å². The quantitative estimate of drug-likeness (QED) is 0.501. The second kappa shape index (κ2) is 3.79. The molecule has 0 spiro atoms. The number of amides is 1. The van der Waals surface area contributed by atoms with Crippen LogP contribution >= 0.6 is 11.6 Å². The van der Waals surface area contributed by atoms with Crippen LogP contribution in [0.3, 0.4) is 0 Å². The molecule has 0 bridgehead atoms. The fourth-order valence-electron chi connectivity index (χ4n) is 1.04. The molecule has 0 saturated carbocycles. The summed E-state index contributed by atoms with van der Waals surface area (Å²) in [5, 5.41) is -0.469. The number of aryl methyl sites for hydroxylation is 2. The molecule has 0 atom stereocenters. The Morgan fingerprint density at radius 3 is 2.38 bits per heavy atom. The van der Waals surface area contributed by atoms with Gasteiger partial charge in [-0.15, -0.1) is 0 Å². The molecule has 0 aliphatic heterocycles. The molecule has 0 radical (unpaired) electrons. The maximum atomic E-state index is 10.8. The van der Waals surface area contributed by atoms with Gasteiger partial charge in [0.15, 0.2) is 0 Å². The summed E-state index contributed by atoms with van der Waals surface area (Å²) in [4.78, 5) is 12.2. The fraction of sp³-hybridized carbons (Fsp3) is 0.300. The van der Waals surface area contributed by atoms with Gasteiger partial charge in [0.1, 0.15) is 0 Å². The first kappa shape index (κ1) is 10.1. The lowest BCUT2D eigenvalue weighted by Gasteiger charge is -2.14. The number of rotatable bonds is 1. The second-order valence-electron chi connectivity index (χ2n) is 3.08. The summed E-state index contributed by atoms with van der Waals surface area (Å²) in [6.07, 6.45) is 0. The van der Waals surface area contributed by atoms with E-state index in [0.29, 0.717) is 0 Å². The van der Waals surface area contributed by atoms with E-state index in [-0.39, 0.29) is 0 Å². The van der Waals surface area contributed by atoms with Gasteiger partial charge in [0, 0.05) is 12.7 Å². The van der Waals surface area contributed by atoms with E-state index in [1.165, 1.54) is 10.5 Å². The van der Waals surface area contributed by atoms with Crippen LogP contribution in [0.25, 0.3) is 0 Å². The topological polar surface area (TPSA) is 20.3 Å². The van der Waals surface area contributed by atoms with Crippen molar-refractivity contribution in [2.24, 2.45) is 0 Å². The number of halogens is 1. The van der Waals surface area contributed by atoms with Crippen LogP contribution in [0, 0.1) is 13.8 Å². The number of carbonyl (C=O) groups excluding carboxylic acids is 1. The minimum atomic E-state index is -0.469. The zero-order valence-corrected chi connectivity index (χ0v) is 8.72. The Morgan fingerprint density at radius 2 is 1.92 bits per heavy atom. The van der Waals surface area contributed by atoms with Gasteiger partial charge in [-0.2, -0.15) is 0 Å². The maximum Gasteiger partial charge on any atom is 0.320 e. The average molecular weight is 198 g/mol. The molecule has 13 heavy (non-hydrogen) atoms. The van der Waals surface area contributed by atoms with Crippen LogP contribution in [0.1, 0.15) is 11.1 Å². The molecule has 0 unspecified atom stereocenters. The van der Waals surface area contributed by atoms with Crippen LogP contribution in [-0.4, -0.2) is 12.4 Å². The minimum Gasteiger partial charge on any atom is -0.302 e. The molecule has 1 aromatic rings. The monoisotopic (exact) mass is 197 g/mol. The van der Waals surface area contributed by atoms with Crippen LogP contribution in [0.15, 0.2) is 18.2 Å². The molecule has 1 amide bonds. The van der Waals surface area contributed by atoms with Crippen molar-refractivity contribution in [2.75, 3.05) is 11.9 Å². The Bertz CT molecular complexity index is 336. The first-order valence-electron chi connectivity index (χ1n) is 4.03. The molecule has 3 heteroatoms. The fourth-order valence-corrected chi connectivity index (χ4v) is 1.13. The van der Waals surface area contributed by atoms with Gasteiger partial charge >= 0.3 is 5.37 Å². The average Bonchev–Trinajstić information content (AvgIpc) is 2.08. The summed E-state index contributed by atoms with van der Waals surface area (Å²) in [7, 11) is 1.65. The lowest BCUT2D eigenvalue weighted by atomic mass is 10.1. The number of hydrogen-bond donors (Lipinski definition) is 0. The molecular weight excluding hydrogens is 186 g/mol. The summed E-state index contributed by atoms with van der Waals surface area (Å²) in [6, 6.07) is 5.79. The predicted molar refractivity (Wildman–Crippen MR) is 55.6 cm³/mol. The molecule has 0 N–H and O–H groups in total. The molecular formula is C10H12ClNO. The number of nitrogens with zero attached hydrogens (tertiary/aromatic N) is 1. The van der Waals surface area contributed by atoms with Crippen molar-refractivity contribution in [2.45, 2.75) is 13.8 Å². The van der Waals surface area contributed by atoms with Crippen molar-refractivity contribution in [1.29, 1.82) is 0 Å². The van der Waals surface area contributed by atoms with E-state index in [4.69, 9.17) is 11.6 Å². The first-order chi connectivity index (χ1) is 6.02. The molecule has 0 aliphatic carbocycles. The highest BCUT2D eigenvalue weighted by Crippen LogP contribution is 2.18. The smallest absolute Gasteiger partial charge is 0.302 e. The van der Waals surface area contributed by atoms with Crippen molar-refractivity contribution in [3.05, 3.63) is 29.3 Å². The van der Waals surface area contributed by atoms with E-state index in [1.54, 1.807) is 7.05 Å². The Morgan fingerprint density at radius 1 is 1.31 bits per heavy atom. The molecule has 1 rings (SSSR count). The molecule has 0 saturated heterocycles. The summed E-state index contributed by atoms with van der Waals surface area (Å²) in [5.41, 5.74) is 3.18. The summed E-state index contributed by atoms with van der Waals surface area (Å²) < 4.78 is 0. The third kappa shape index (κ3) is 2.22. The lowest BCUT2D eigenvalue weighted by Crippen LogP contribution is -2.19. The first-order valence-corrected chi connectivity index (χ1v) is 4.40. The van der Waals surface area contributed by atoms with Gasteiger partial charge in [-0.1, -0.05) is 6.07 Å². The number of anilines is 1. The molecule has 0 aromatic heterocycles. The van der Waals surface area contributed by atoms with Crippen LogP contribution in [0.5, 0.6) is 0 Å². The third-order valence-electron chi connectivity index (χ3n) is 2.14. The maximum absolute atomic E-state index is 10.8. The highest BCUT2D eigenvalue weighted by atomic mass is 35.5. The summed E-state index contributed by atoms with van der Waals surface area (Å²) in [5.74, 6) is 0. The minimum absolute atomic E-state index is 0.469. The van der Waals surface area contributed by atoms with Gasteiger partial charge in [-0.25, -0.2) is 0 Å². The van der Waals surface area contributed by atoms with Crippen molar-refractivity contribution in [3.8, 4) is 0 Å². The molecule has 0 fully saturated rings. The third-order valence-corrected chi connectivity index (χ3v) is 2.40. The molecule has 0 heterocycles. The van der Waals surface area contributed by atoms with Crippen molar-refractivity contribution >= 4 is 22.7 Å². The highest BCUT2D eigenvalue weighted by molar-refractivity contribution is 6.66. The SMILES string of the molecule is Cc1ccc(N(C)C(=O)Cl)cc1C. The standard InChI is InChI=1S/C10H12ClNO/c1-7-4-5-9(6-8(7)2)12(3)10(11)13/h4-6H,1-3H3. The van der Waals surface area contributed by atoms with Crippen molar-refractivity contribution < 1.29 is 4.79 Å². The lowest BCUT2D eigenvalue weighted by molar-refractivity contribution is 0.265. The number of hydrogen-bond acceptors (Lipinski definition) is 1. The van der Waals surface area contributed by atoms with E-state index in [1.807, 2.05) is 32.0 Å². The van der Waals surface area contributed by atoms with Gasteiger partial charge in [0.05, 0.1) is 0 Å². The van der Waals surface area contributed by atoms with Gasteiger partial charge in [0.2, 0.25) is 0 Å². The summed E-state index contributed by atoms with van der Waals surface area (Å²) >= 11 is 5.34. The number of benzene rings is 1. The second-order valence-corrected chi connectivity index (χ2v) is 3.40. The van der Waals surface area contributed by atoms with E-state index in [0.717, 1.165) is 11.3 Å². The van der Waals surface area contributed by atoms with E-state index in [2.05, 4.69) is 0 Å². The Kier molecular flexibility index (Phi) is 2.94. The van der Waals surface area contributed by atoms with E-state index in [9.17, 15) is 4.79 Å².